The van der Waals surface area contributed by atoms with E-state index in [0.717, 1.165) is 19.3 Å². The van der Waals surface area contributed by atoms with Gasteiger partial charge in [-0.2, -0.15) is 0 Å². The molecular formula is C14H17NO2. The Morgan fingerprint density at radius 3 is 2.65 bits per heavy atom. The van der Waals surface area contributed by atoms with Crippen molar-refractivity contribution in [2.75, 3.05) is 0 Å². The van der Waals surface area contributed by atoms with Crippen LogP contribution < -0.4 is 5.32 Å². The number of rotatable bonds is 2. The van der Waals surface area contributed by atoms with Gasteiger partial charge in [-0.3, -0.25) is 9.59 Å². The second kappa shape index (κ2) is 5.13. The third kappa shape index (κ3) is 2.73. The third-order valence-corrected chi connectivity index (χ3v) is 3.27. The number of carbonyl (C=O) groups excluding carboxylic acids is 2. The molecule has 1 amide bonds. The first kappa shape index (κ1) is 11.8. The van der Waals surface area contributed by atoms with E-state index in [9.17, 15) is 9.59 Å². The normalized spacial score (nSPS) is 24.9. The number of Topliss-reactive ketones (excluding diaryl/α,β-unsaturated/α-hetero) is 1. The average molecular weight is 231 g/mol. The molecule has 0 saturated carbocycles. The lowest BCUT2D eigenvalue weighted by Gasteiger charge is -2.15. The van der Waals surface area contributed by atoms with Gasteiger partial charge in [0.25, 0.3) is 0 Å². The van der Waals surface area contributed by atoms with Gasteiger partial charge in [-0.05, 0) is 12.8 Å². The molecule has 1 fully saturated rings. The van der Waals surface area contributed by atoms with E-state index in [2.05, 4.69) is 5.32 Å². The first-order valence-corrected chi connectivity index (χ1v) is 6.08. The van der Waals surface area contributed by atoms with Crippen molar-refractivity contribution < 1.29 is 9.59 Å². The fourth-order valence-electron chi connectivity index (χ4n) is 2.15. The summed E-state index contributed by atoms with van der Waals surface area (Å²) >= 11 is 0. The Balaban J connectivity index is 2.12. The van der Waals surface area contributed by atoms with Crippen LogP contribution in [0, 0.1) is 5.92 Å². The first-order valence-electron chi connectivity index (χ1n) is 6.08. The molecule has 2 unspecified atom stereocenters. The molecule has 1 aromatic carbocycles. The van der Waals surface area contributed by atoms with E-state index >= 15 is 0 Å². The van der Waals surface area contributed by atoms with E-state index in [1.54, 1.807) is 12.1 Å². The van der Waals surface area contributed by atoms with E-state index in [1.807, 2.05) is 25.1 Å². The maximum atomic E-state index is 12.2. The number of amides is 1. The zero-order valence-electron chi connectivity index (χ0n) is 9.98. The van der Waals surface area contributed by atoms with Gasteiger partial charge in [0, 0.05) is 11.5 Å². The van der Waals surface area contributed by atoms with E-state index in [1.165, 1.54) is 0 Å². The molecule has 1 saturated heterocycles. The van der Waals surface area contributed by atoms with Crippen LogP contribution in [0.15, 0.2) is 30.3 Å². The predicted molar refractivity (Wildman–Crippen MR) is 65.7 cm³/mol. The van der Waals surface area contributed by atoms with Gasteiger partial charge in [0.05, 0.1) is 6.04 Å². The van der Waals surface area contributed by atoms with E-state index in [-0.39, 0.29) is 23.7 Å². The highest BCUT2D eigenvalue weighted by molar-refractivity contribution is 6.02. The highest BCUT2D eigenvalue weighted by Gasteiger charge is 2.27. The van der Waals surface area contributed by atoms with Gasteiger partial charge in [-0.15, -0.1) is 0 Å². The third-order valence-electron chi connectivity index (χ3n) is 3.27. The molecule has 17 heavy (non-hydrogen) atoms. The van der Waals surface area contributed by atoms with Crippen molar-refractivity contribution in [2.24, 2.45) is 5.92 Å². The Morgan fingerprint density at radius 2 is 1.94 bits per heavy atom. The quantitative estimate of drug-likeness (QED) is 0.793. The van der Waals surface area contributed by atoms with Gasteiger partial charge in [0.2, 0.25) is 5.91 Å². The van der Waals surface area contributed by atoms with Gasteiger partial charge in [-0.25, -0.2) is 0 Å². The summed E-state index contributed by atoms with van der Waals surface area (Å²) < 4.78 is 0. The van der Waals surface area contributed by atoms with E-state index in [4.69, 9.17) is 0 Å². The number of carbonyl (C=O) groups is 2. The number of hydrogen-bond donors (Lipinski definition) is 1. The zero-order valence-corrected chi connectivity index (χ0v) is 9.98. The molecule has 0 aliphatic carbocycles. The van der Waals surface area contributed by atoms with Crippen LogP contribution in [0.2, 0.25) is 0 Å². The van der Waals surface area contributed by atoms with Crippen molar-refractivity contribution in [1.82, 2.24) is 5.32 Å². The van der Waals surface area contributed by atoms with Gasteiger partial charge in [0.1, 0.15) is 0 Å². The standard InChI is InChI=1S/C14H17NO2/c1-10-6-5-9-12(15-14(10)17)13(16)11-7-3-2-4-8-11/h2-4,7-8,10,12H,5-6,9H2,1H3,(H,15,17). The molecule has 0 bridgehead atoms. The highest BCUT2D eigenvalue weighted by Crippen LogP contribution is 2.17. The minimum absolute atomic E-state index is 0.00298. The summed E-state index contributed by atoms with van der Waals surface area (Å²) in [6, 6.07) is 8.80. The Hall–Kier alpha value is -1.64. The number of benzene rings is 1. The lowest BCUT2D eigenvalue weighted by atomic mass is 10.00. The van der Waals surface area contributed by atoms with E-state index in [0.29, 0.717) is 5.56 Å². The SMILES string of the molecule is CC1CCCC(C(=O)c2ccccc2)NC1=O. The van der Waals surface area contributed by atoms with Crippen molar-refractivity contribution in [3.05, 3.63) is 35.9 Å². The maximum Gasteiger partial charge on any atom is 0.223 e. The Bertz CT molecular complexity index is 413. The molecule has 0 spiro atoms. The summed E-state index contributed by atoms with van der Waals surface area (Å²) in [5.74, 6) is 0.0356. The second-order valence-electron chi connectivity index (χ2n) is 4.62. The minimum atomic E-state index is -0.352. The summed E-state index contributed by atoms with van der Waals surface area (Å²) in [7, 11) is 0. The summed E-state index contributed by atoms with van der Waals surface area (Å²) in [6.45, 7) is 1.91. The van der Waals surface area contributed by atoms with Gasteiger partial charge in [-0.1, -0.05) is 43.7 Å². The summed E-state index contributed by atoms with van der Waals surface area (Å²) in [5, 5.41) is 2.84. The molecule has 2 rings (SSSR count). The predicted octanol–water partition coefficient (Wildman–Crippen LogP) is 2.17. The monoisotopic (exact) mass is 231 g/mol. The number of hydrogen-bond acceptors (Lipinski definition) is 2. The molecule has 0 aromatic heterocycles. The Kier molecular flexibility index (Phi) is 3.57. The molecule has 2 atom stereocenters. The molecule has 3 nitrogen and oxygen atoms in total. The van der Waals surface area contributed by atoms with Crippen molar-refractivity contribution >= 4 is 11.7 Å². The molecule has 1 aliphatic rings. The number of nitrogens with one attached hydrogen (secondary N) is 1. The van der Waals surface area contributed by atoms with Crippen LogP contribution in [0.4, 0.5) is 0 Å². The Labute approximate surface area is 101 Å². The van der Waals surface area contributed by atoms with Crippen LogP contribution >= 0.6 is 0 Å². The molecule has 90 valence electrons. The van der Waals surface area contributed by atoms with Crippen molar-refractivity contribution in [3.8, 4) is 0 Å². The summed E-state index contributed by atoms with van der Waals surface area (Å²) in [4.78, 5) is 23.9. The van der Waals surface area contributed by atoms with Crippen LogP contribution in [0.1, 0.15) is 36.5 Å². The average Bonchev–Trinajstić information content (AvgIpc) is 2.52. The molecule has 1 aliphatic heterocycles. The largest absolute Gasteiger partial charge is 0.346 e. The summed E-state index contributed by atoms with van der Waals surface area (Å²) in [5.41, 5.74) is 0.673. The van der Waals surface area contributed by atoms with Crippen molar-refractivity contribution in [3.63, 3.8) is 0 Å². The van der Waals surface area contributed by atoms with Gasteiger partial charge < -0.3 is 5.32 Å². The smallest absolute Gasteiger partial charge is 0.223 e. The van der Waals surface area contributed by atoms with Crippen LogP contribution in [-0.2, 0) is 4.79 Å². The second-order valence-corrected chi connectivity index (χ2v) is 4.62. The first-order chi connectivity index (χ1) is 8.18. The molecule has 3 heteroatoms. The maximum absolute atomic E-state index is 12.2. The van der Waals surface area contributed by atoms with Gasteiger partial charge >= 0.3 is 0 Å². The minimum Gasteiger partial charge on any atom is -0.346 e. The molecule has 1 heterocycles. The Morgan fingerprint density at radius 1 is 1.24 bits per heavy atom. The molecule has 1 N–H and O–H groups in total. The summed E-state index contributed by atoms with van der Waals surface area (Å²) in [6.07, 6.45) is 2.53. The molecule has 0 radical (unpaired) electrons. The lowest BCUT2D eigenvalue weighted by Crippen LogP contribution is -2.41. The lowest BCUT2D eigenvalue weighted by molar-refractivity contribution is -0.124. The van der Waals surface area contributed by atoms with Crippen LogP contribution in [0.3, 0.4) is 0 Å². The zero-order chi connectivity index (χ0) is 12.3. The topological polar surface area (TPSA) is 46.2 Å². The van der Waals surface area contributed by atoms with Crippen LogP contribution in [0.25, 0.3) is 0 Å². The number of ketones is 1. The highest BCUT2D eigenvalue weighted by atomic mass is 16.2. The van der Waals surface area contributed by atoms with Crippen molar-refractivity contribution in [1.29, 1.82) is 0 Å². The van der Waals surface area contributed by atoms with Crippen LogP contribution in [-0.4, -0.2) is 17.7 Å². The van der Waals surface area contributed by atoms with Crippen molar-refractivity contribution in [2.45, 2.75) is 32.2 Å². The molecular weight excluding hydrogens is 214 g/mol. The fraction of sp³-hybridized carbons (Fsp3) is 0.429. The molecule has 1 aromatic rings. The van der Waals surface area contributed by atoms with Crippen LogP contribution in [0.5, 0.6) is 0 Å². The van der Waals surface area contributed by atoms with E-state index < -0.39 is 0 Å². The van der Waals surface area contributed by atoms with Gasteiger partial charge in [0.15, 0.2) is 5.78 Å². The fourth-order valence-corrected chi connectivity index (χ4v) is 2.15.